The molecule has 0 radical (unpaired) electrons. The summed E-state index contributed by atoms with van der Waals surface area (Å²) in [5.41, 5.74) is 1.72. The minimum absolute atomic E-state index is 0.132. The van der Waals surface area contributed by atoms with Crippen molar-refractivity contribution in [1.29, 1.82) is 0 Å². The largest absolute Gasteiger partial charge is 0.490 e. The summed E-state index contributed by atoms with van der Waals surface area (Å²) >= 11 is 0. The van der Waals surface area contributed by atoms with Gasteiger partial charge in [-0.05, 0) is 68.0 Å². The van der Waals surface area contributed by atoms with Gasteiger partial charge in [0.1, 0.15) is 11.9 Å². The zero-order valence-electron chi connectivity index (χ0n) is 21.6. The van der Waals surface area contributed by atoms with Crippen LogP contribution in [-0.2, 0) is 22.6 Å². The molecule has 0 saturated carbocycles. The third-order valence-corrected chi connectivity index (χ3v) is 5.57. The van der Waals surface area contributed by atoms with Crippen LogP contribution in [0.1, 0.15) is 58.6 Å². The minimum atomic E-state index is -0.606. The lowest BCUT2D eigenvalue weighted by Gasteiger charge is -2.31. The molecule has 0 aliphatic heterocycles. The predicted octanol–water partition coefficient (Wildman–Crippen LogP) is 5.14. The standard InChI is InChI=1S/C28H39FN2O4/c1-6-24(28(33)30-18-20(4)5)31(19-22-9-13-23(29)14-10-22)27(32)16-12-21-11-15-25(34-7-2)26(17-21)35-8-3/h9-11,13-15,17,20,24H,6-8,12,16,18-19H2,1-5H3,(H,30,33). The molecule has 0 heterocycles. The highest BCUT2D eigenvalue weighted by Gasteiger charge is 2.28. The van der Waals surface area contributed by atoms with Crippen molar-refractivity contribution < 1.29 is 23.5 Å². The topological polar surface area (TPSA) is 67.9 Å². The highest BCUT2D eigenvalue weighted by Crippen LogP contribution is 2.29. The lowest BCUT2D eigenvalue weighted by molar-refractivity contribution is -0.141. The molecule has 0 spiro atoms. The maximum absolute atomic E-state index is 13.4. The number of rotatable bonds is 14. The number of nitrogens with zero attached hydrogens (tertiary/aromatic N) is 1. The van der Waals surface area contributed by atoms with Crippen molar-refractivity contribution in [1.82, 2.24) is 10.2 Å². The number of carbonyl (C=O) groups is 2. The summed E-state index contributed by atoms with van der Waals surface area (Å²) in [7, 11) is 0. The Morgan fingerprint density at radius 1 is 0.943 bits per heavy atom. The summed E-state index contributed by atoms with van der Waals surface area (Å²) in [6.07, 6.45) is 1.21. The van der Waals surface area contributed by atoms with E-state index in [9.17, 15) is 14.0 Å². The summed E-state index contributed by atoms with van der Waals surface area (Å²) in [6, 6.07) is 11.1. The van der Waals surface area contributed by atoms with Gasteiger partial charge in [-0.25, -0.2) is 4.39 Å². The molecule has 0 aromatic heterocycles. The van der Waals surface area contributed by atoms with Crippen LogP contribution in [0.5, 0.6) is 11.5 Å². The van der Waals surface area contributed by atoms with Gasteiger partial charge in [-0.3, -0.25) is 9.59 Å². The van der Waals surface area contributed by atoms with Crippen molar-refractivity contribution in [2.45, 2.75) is 66.5 Å². The number of hydrogen-bond donors (Lipinski definition) is 1. The Balaban J connectivity index is 2.21. The SMILES string of the molecule is CCOc1ccc(CCC(=O)N(Cc2ccc(F)cc2)C(CC)C(=O)NCC(C)C)cc1OCC. The summed E-state index contributed by atoms with van der Waals surface area (Å²) in [6.45, 7) is 11.6. The third-order valence-electron chi connectivity index (χ3n) is 5.57. The fraction of sp³-hybridized carbons (Fsp3) is 0.500. The molecule has 6 nitrogen and oxygen atoms in total. The van der Waals surface area contributed by atoms with Gasteiger partial charge in [-0.2, -0.15) is 0 Å². The lowest BCUT2D eigenvalue weighted by atomic mass is 10.1. The van der Waals surface area contributed by atoms with E-state index in [2.05, 4.69) is 5.32 Å². The molecule has 2 rings (SSSR count). The van der Waals surface area contributed by atoms with Crippen LogP contribution in [0.3, 0.4) is 0 Å². The number of aryl methyl sites for hydroxylation is 1. The van der Waals surface area contributed by atoms with Crippen molar-refractivity contribution in [3.05, 3.63) is 59.4 Å². The van der Waals surface area contributed by atoms with E-state index in [1.807, 2.05) is 52.8 Å². The molecule has 35 heavy (non-hydrogen) atoms. The molecule has 1 unspecified atom stereocenters. The van der Waals surface area contributed by atoms with Crippen LogP contribution in [0.4, 0.5) is 4.39 Å². The zero-order valence-corrected chi connectivity index (χ0v) is 21.6. The van der Waals surface area contributed by atoms with Gasteiger partial charge < -0.3 is 19.7 Å². The van der Waals surface area contributed by atoms with Crippen LogP contribution in [0.2, 0.25) is 0 Å². The van der Waals surface area contributed by atoms with Crippen LogP contribution >= 0.6 is 0 Å². The highest BCUT2D eigenvalue weighted by atomic mass is 19.1. The molecule has 192 valence electrons. The number of amides is 2. The second kappa shape index (κ2) is 14.3. The van der Waals surface area contributed by atoms with E-state index >= 15 is 0 Å². The summed E-state index contributed by atoms with van der Waals surface area (Å²) < 4.78 is 24.7. The number of nitrogens with one attached hydrogen (secondary N) is 1. The van der Waals surface area contributed by atoms with Gasteiger partial charge in [0.15, 0.2) is 11.5 Å². The number of carbonyl (C=O) groups excluding carboxylic acids is 2. The Morgan fingerprint density at radius 3 is 2.17 bits per heavy atom. The molecular weight excluding hydrogens is 447 g/mol. The molecule has 0 aliphatic carbocycles. The lowest BCUT2D eigenvalue weighted by Crippen LogP contribution is -2.49. The quantitative estimate of drug-likeness (QED) is 0.402. The number of halogens is 1. The Bertz CT molecular complexity index is 946. The first kappa shape index (κ1) is 28.1. The molecule has 1 atom stereocenters. The van der Waals surface area contributed by atoms with Crippen LogP contribution in [0, 0.1) is 11.7 Å². The Kier molecular flexibility index (Phi) is 11.5. The average Bonchev–Trinajstić information content (AvgIpc) is 2.84. The summed E-state index contributed by atoms with van der Waals surface area (Å²) in [4.78, 5) is 28.0. The maximum Gasteiger partial charge on any atom is 0.242 e. The molecule has 1 N–H and O–H groups in total. The fourth-order valence-corrected chi connectivity index (χ4v) is 3.77. The van der Waals surface area contributed by atoms with E-state index in [1.165, 1.54) is 12.1 Å². The van der Waals surface area contributed by atoms with Gasteiger partial charge in [-0.1, -0.05) is 39.0 Å². The predicted molar refractivity (Wildman–Crippen MR) is 136 cm³/mol. The first-order chi connectivity index (χ1) is 16.8. The van der Waals surface area contributed by atoms with Crippen molar-refractivity contribution in [3.63, 3.8) is 0 Å². The molecule has 2 aromatic carbocycles. The van der Waals surface area contributed by atoms with E-state index in [-0.39, 0.29) is 30.6 Å². The van der Waals surface area contributed by atoms with Crippen molar-refractivity contribution in [2.24, 2.45) is 5.92 Å². The van der Waals surface area contributed by atoms with Gasteiger partial charge in [0.25, 0.3) is 0 Å². The highest BCUT2D eigenvalue weighted by molar-refractivity contribution is 5.87. The van der Waals surface area contributed by atoms with Crippen LogP contribution in [-0.4, -0.2) is 42.5 Å². The number of hydrogen-bond acceptors (Lipinski definition) is 4. The van der Waals surface area contributed by atoms with Gasteiger partial charge in [0, 0.05) is 19.5 Å². The zero-order chi connectivity index (χ0) is 25.8. The van der Waals surface area contributed by atoms with E-state index in [0.717, 1.165) is 11.1 Å². The summed E-state index contributed by atoms with van der Waals surface area (Å²) in [5.74, 6) is 0.993. The van der Waals surface area contributed by atoms with Gasteiger partial charge >= 0.3 is 0 Å². The van der Waals surface area contributed by atoms with E-state index in [1.54, 1.807) is 17.0 Å². The molecule has 7 heteroatoms. The molecule has 2 aromatic rings. The smallest absolute Gasteiger partial charge is 0.242 e. The van der Waals surface area contributed by atoms with Gasteiger partial charge in [0.2, 0.25) is 11.8 Å². The monoisotopic (exact) mass is 486 g/mol. The number of benzene rings is 2. The first-order valence-electron chi connectivity index (χ1n) is 12.5. The fourth-order valence-electron chi connectivity index (χ4n) is 3.77. The van der Waals surface area contributed by atoms with E-state index in [0.29, 0.717) is 50.0 Å². The second-order valence-corrected chi connectivity index (χ2v) is 8.86. The normalized spacial score (nSPS) is 11.7. The van der Waals surface area contributed by atoms with Crippen molar-refractivity contribution in [2.75, 3.05) is 19.8 Å². The van der Waals surface area contributed by atoms with Gasteiger partial charge in [0.05, 0.1) is 13.2 Å². The second-order valence-electron chi connectivity index (χ2n) is 8.86. The number of ether oxygens (including phenoxy) is 2. The molecule has 0 saturated heterocycles. The first-order valence-corrected chi connectivity index (χ1v) is 12.5. The van der Waals surface area contributed by atoms with Crippen molar-refractivity contribution >= 4 is 11.8 Å². The molecule has 2 amide bonds. The molecule has 0 bridgehead atoms. The molecular formula is C28H39FN2O4. The minimum Gasteiger partial charge on any atom is -0.490 e. The van der Waals surface area contributed by atoms with Crippen LogP contribution < -0.4 is 14.8 Å². The van der Waals surface area contributed by atoms with Crippen LogP contribution in [0.15, 0.2) is 42.5 Å². The van der Waals surface area contributed by atoms with E-state index < -0.39 is 6.04 Å². The third kappa shape index (κ3) is 8.89. The average molecular weight is 487 g/mol. The van der Waals surface area contributed by atoms with E-state index in [4.69, 9.17) is 9.47 Å². The Morgan fingerprint density at radius 2 is 1.57 bits per heavy atom. The Hall–Kier alpha value is -3.09. The van der Waals surface area contributed by atoms with Crippen molar-refractivity contribution in [3.8, 4) is 11.5 Å². The van der Waals surface area contributed by atoms with Crippen LogP contribution in [0.25, 0.3) is 0 Å². The molecule has 0 aliphatic rings. The summed E-state index contributed by atoms with van der Waals surface area (Å²) in [5, 5.41) is 2.95. The van der Waals surface area contributed by atoms with Gasteiger partial charge in [-0.15, -0.1) is 0 Å². The Labute approximate surface area is 208 Å². The molecule has 0 fully saturated rings. The maximum atomic E-state index is 13.4.